The molecule has 0 saturated heterocycles. The summed E-state index contributed by atoms with van der Waals surface area (Å²) in [7, 11) is -3.58. The first-order valence-corrected chi connectivity index (χ1v) is 5.84. The Bertz CT molecular complexity index is 214. The lowest BCUT2D eigenvalue weighted by atomic mass is 10.1. The van der Waals surface area contributed by atoms with E-state index in [9.17, 15) is 8.42 Å². The number of aliphatic hydroxyl groups is 1. The maximum absolute atomic E-state index is 10.5. The van der Waals surface area contributed by atoms with Gasteiger partial charge in [0.25, 0.3) is 10.1 Å². The van der Waals surface area contributed by atoms with Crippen molar-refractivity contribution in [1.82, 2.24) is 0 Å². The van der Waals surface area contributed by atoms with Gasteiger partial charge in [-0.05, 0) is 6.42 Å². The van der Waals surface area contributed by atoms with E-state index in [0.717, 1.165) is 6.26 Å². The molecule has 4 nitrogen and oxygen atoms in total. The van der Waals surface area contributed by atoms with Crippen molar-refractivity contribution >= 4 is 21.7 Å². The summed E-state index contributed by atoms with van der Waals surface area (Å²) >= 11 is 5.40. The van der Waals surface area contributed by atoms with E-state index in [0.29, 0.717) is 12.3 Å². The van der Waals surface area contributed by atoms with E-state index in [1.807, 2.05) is 0 Å². The number of halogens is 1. The molecule has 0 aromatic heterocycles. The zero-order valence-electron chi connectivity index (χ0n) is 7.03. The topological polar surface area (TPSA) is 63.6 Å². The Morgan fingerprint density at radius 1 is 1.58 bits per heavy atom. The molecule has 0 radical (unpaired) electrons. The van der Waals surface area contributed by atoms with Crippen molar-refractivity contribution in [3.8, 4) is 0 Å². The lowest BCUT2D eigenvalue weighted by Crippen LogP contribution is -2.24. The van der Waals surface area contributed by atoms with Crippen molar-refractivity contribution in [2.24, 2.45) is 5.92 Å². The second-order valence-electron chi connectivity index (χ2n) is 2.65. The van der Waals surface area contributed by atoms with Crippen LogP contribution >= 0.6 is 11.6 Å². The van der Waals surface area contributed by atoms with Crippen molar-refractivity contribution in [2.75, 3.05) is 12.1 Å². The molecule has 0 fully saturated rings. The maximum Gasteiger partial charge on any atom is 0.266 e. The molecule has 0 aliphatic heterocycles. The van der Waals surface area contributed by atoms with Crippen LogP contribution in [0.2, 0.25) is 0 Å². The highest BCUT2D eigenvalue weighted by atomic mass is 35.5. The second-order valence-corrected chi connectivity index (χ2v) is 4.62. The fraction of sp³-hybridized carbons (Fsp3) is 1.00. The van der Waals surface area contributed by atoms with E-state index < -0.39 is 16.4 Å². The largest absolute Gasteiger partial charge is 0.367 e. The van der Waals surface area contributed by atoms with Gasteiger partial charge in [0.2, 0.25) is 0 Å². The summed E-state index contributed by atoms with van der Waals surface area (Å²) in [5.41, 5.74) is 0. The third-order valence-electron chi connectivity index (χ3n) is 1.32. The fourth-order valence-corrected chi connectivity index (χ4v) is 1.48. The molecule has 2 unspecified atom stereocenters. The quantitative estimate of drug-likeness (QED) is 0.414. The monoisotopic (exact) mass is 216 g/mol. The molecule has 1 N–H and O–H groups in total. The maximum atomic E-state index is 10.5. The van der Waals surface area contributed by atoms with Crippen LogP contribution in [0, 0.1) is 5.92 Å². The molecule has 0 aromatic rings. The number of hydrogen-bond donors (Lipinski definition) is 1. The van der Waals surface area contributed by atoms with E-state index in [-0.39, 0.29) is 5.92 Å². The summed E-state index contributed by atoms with van der Waals surface area (Å²) in [5, 5.41) is 9.12. The number of hydrogen-bond acceptors (Lipinski definition) is 4. The van der Waals surface area contributed by atoms with Crippen LogP contribution < -0.4 is 0 Å². The van der Waals surface area contributed by atoms with Crippen molar-refractivity contribution in [3.63, 3.8) is 0 Å². The minimum Gasteiger partial charge on any atom is -0.367 e. The molecular formula is C6H13ClO4S. The van der Waals surface area contributed by atoms with Gasteiger partial charge in [-0.2, -0.15) is 8.42 Å². The van der Waals surface area contributed by atoms with E-state index in [4.69, 9.17) is 16.7 Å². The normalized spacial score (nSPS) is 17.3. The van der Waals surface area contributed by atoms with E-state index in [1.54, 1.807) is 6.92 Å². The van der Waals surface area contributed by atoms with Crippen LogP contribution in [0.15, 0.2) is 0 Å². The van der Waals surface area contributed by atoms with Crippen molar-refractivity contribution in [2.45, 2.75) is 19.6 Å². The summed E-state index contributed by atoms with van der Waals surface area (Å²) in [6, 6.07) is 0. The molecule has 0 aliphatic carbocycles. The second kappa shape index (κ2) is 5.01. The molecule has 0 saturated carbocycles. The summed E-state index contributed by atoms with van der Waals surface area (Å²) in [6.07, 6.45) is 0.112. The Balaban J connectivity index is 3.95. The van der Waals surface area contributed by atoms with Gasteiger partial charge in [0.1, 0.15) is 0 Å². The van der Waals surface area contributed by atoms with Crippen LogP contribution in [0.25, 0.3) is 0 Å². The van der Waals surface area contributed by atoms with Crippen LogP contribution in [-0.2, 0) is 14.3 Å². The highest BCUT2D eigenvalue weighted by molar-refractivity contribution is 7.86. The van der Waals surface area contributed by atoms with Gasteiger partial charge in [0.05, 0.1) is 6.26 Å². The zero-order chi connectivity index (χ0) is 9.78. The van der Waals surface area contributed by atoms with Gasteiger partial charge < -0.3 is 5.11 Å². The van der Waals surface area contributed by atoms with E-state index in [2.05, 4.69) is 4.18 Å². The smallest absolute Gasteiger partial charge is 0.266 e. The predicted molar refractivity (Wildman–Crippen MR) is 46.4 cm³/mol. The van der Waals surface area contributed by atoms with Gasteiger partial charge in [-0.3, -0.25) is 0 Å². The van der Waals surface area contributed by atoms with Gasteiger partial charge in [-0.25, -0.2) is 4.18 Å². The van der Waals surface area contributed by atoms with Crippen LogP contribution in [0.3, 0.4) is 0 Å². The SMILES string of the molecule is CC(CCCl)C(O)OS(C)(=O)=O. The summed E-state index contributed by atoms with van der Waals surface area (Å²) < 4.78 is 25.4. The lowest BCUT2D eigenvalue weighted by Gasteiger charge is -2.16. The molecule has 74 valence electrons. The summed E-state index contributed by atoms with van der Waals surface area (Å²) in [5.74, 6) is 0.0861. The van der Waals surface area contributed by atoms with Gasteiger partial charge in [-0.1, -0.05) is 6.92 Å². The summed E-state index contributed by atoms with van der Waals surface area (Å²) in [6.45, 7) is 1.66. The summed E-state index contributed by atoms with van der Waals surface area (Å²) in [4.78, 5) is 0. The van der Waals surface area contributed by atoms with Crippen molar-refractivity contribution < 1.29 is 17.7 Å². The van der Waals surface area contributed by atoms with Gasteiger partial charge >= 0.3 is 0 Å². The van der Waals surface area contributed by atoms with Gasteiger partial charge in [0.15, 0.2) is 6.29 Å². The Labute approximate surface area is 77.6 Å². The first kappa shape index (κ1) is 12.2. The molecular weight excluding hydrogens is 204 g/mol. The third-order valence-corrected chi connectivity index (χ3v) is 2.09. The first-order chi connectivity index (χ1) is 5.37. The molecule has 0 bridgehead atoms. The number of rotatable bonds is 5. The fourth-order valence-electron chi connectivity index (χ4n) is 0.589. The Morgan fingerprint density at radius 2 is 2.08 bits per heavy atom. The lowest BCUT2D eigenvalue weighted by molar-refractivity contribution is -0.0522. The third kappa shape index (κ3) is 5.77. The molecule has 0 rings (SSSR count). The molecule has 0 spiro atoms. The van der Waals surface area contributed by atoms with E-state index >= 15 is 0 Å². The predicted octanol–water partition coefficient (Wildman–Crippen LogP) is 0.546. The van der Waals surface area contributed by atoms with Crippen LogP contribution in [-0.4, -0.2) is 32.0 Å². The number of aliphatic hydroxyl groups excluding tert-OH is 1. The Hall–Kier alpha value is 0.160. The highest BCUT2D eigenvalue weighted by Gasteiger charge is 2.18. The molecule has 0 heterocycles. The number of alkyl halides is 1. The average Bonchev–Trinajstić information content (AvgIpc) is 1.84. The van der Waals surface area contributed by atoms with Crippen LogP contribution in [0.1, 0.15) is 13.3 Å². The first-order valence-electron chi connectivity index (χ1n) is 3.49. The molecule has 0 amide bonds. The Kier molecular flexibility index (Phi) is 5.08. The minimum atomic E-state index is -3.58. The van der Waals surface area contributed by atoms with E-state index in [1.165, 1.54) is 0 Å². The molecule has 12 heavy (non-hydrogen) atoms. The minimum absolute atomic E-state index is 0.280. The average molecular weight is 217 g/mol. The van der Waals surface area contributed by atoms with Crippen LogP contribution in [0.5, 0.6) is 0 Å². The van der Waals surface area contributed by atoms with Crippen LogP contribution in [0.4, 0.5) is 0 Å². The van der Waals surface area contributed by atoms with Gasteiger partial charge in [0, 0.05) is 11.8 Å². The zero-order valence-corrected chi connectivity index (χ0v) is 8.60. The van der Waals surface area contributed by atoms with Crippen molar-refractivity contribution in [3.05, 3.63) is 0 Å². The molecule has 0 aromatic carbocycles. The standard InChI is InChI=1S/C6H13ClO4S/c1-5(3-4-7)6(8)11-12(2,9)10/h5-6,8H,3-4H2,1-2H3. The molecule has 0 aliphatic rings. The van der Waals surface area contributed by atoms with Crippen molar-refractivity contribution in [1.29, 1.82) is 0 Å². The van der Waals surface area contributed by atoms with Gasteiger partial charge in [-0.15, -0.1) is 11.6 Å². The highest BCUT2D eigenvalue weighted by Crippen LogP contribution is 2.11. The Morgan fingerprint density at radius 3 is 2.42 bits per heavy atom. The molecule has 2 atom stereocenters. The molecule has 6 heteroatoms.